The fourth-order valence-electron chi connectivity index (χ4n) is 0.909. The number of rotatable bonds is 0. The molecular formula is C7H8BNO. The number of nitrogens with zero attached hydrogens (tertiary/aromatic N) is 1. The number of hydrogen-bond donors (Lipinski definition) is 0. The molecule has 0 aliphatic carbocycles. The zero-order chi connectivity index (χ0) is 7.72. The molecule has 0 aromatic carbocycles. The first-order valence-corrected chi connectivity index (χ1v) is 3.04. The molecule has 0 saturated carbocycles. The Kier molecular flexibility index (Phi) is 1.66. The summed E-state index contributed by atoms with van der Waals surface area (Å²) >= 11 is 0. The normalized spacial score (nSPS) is 9.80. The lowest BCUT2D eigenvalue weighted by molar-refractivity contribution is 0.854. The molecule has 50 valence electrons. The van der Waals surface area contributed by atoms with Gasteiger partial charge in [-0.05, 0) is 13.1 Å². The van der Waals surface area contributed by atoms with Crippen LogP contribution in [0.15, 0.2) is 17.1 Å². The van der Waals surface area contributed by atoms with Gasteiger partial charge in [0.05, 0.1) is 0 Å². The molecule has 0 unspecified atom stereocenters. The van der Waals surface area contributed by atoms with Crippen LogP contribution in [0.2, 0.25) is 0 Å². The zero-order valence-electron chi connectivity index (χ0n) is 6.09. The van der Waals surface area contributed by atoms with Gasteiger partial charge in [0, 0.05) is 12.6 Å². The lowest BCUT2D eigenvalue weighted by Gasteiger charge is -2.00. The highest BCUT2D eigenvalue weighted by Gasteiger charge is 1.94. The minimum Gasteiger partial charge on any atom is -0.319 e. The zero-order valence-corrected chi connectivity index (χ0v) is 6.09. The Labute approximate surface area is 60.9 Å². The average molecular weight is 133 g/mol. The van der Waals surface area contributed by atoms with E-state index >= 15 is 0 Å². The summed E-state index contributed by atoms with van der Waals surface area (Å²) in [6.45, 7) is 1.75. The molecule has 1 aromatic rings. The van der Waals surface area contributed by atoms with E-state index in [-0.39, 0.29) is 5.56 Å². The lowest BCUT2D eigenvalue weighted by atomic mass is 9.97. The number of aromatic nitrogens is 1. The van der Waals surface area contributed by atoms with Gasteiger partial charge in [-0.1, -0.05) is 11.5 Å². The summed E-state index contributed by atoms with van der Waals surface area (Å²) in [5.41, 5.74) is 1.32. The van der Waals surface area contributed by atoms with Gasteiger partial charge in [-0.15, -0.1) is 0 Å². The summed E-state index contributed by atoms with van der Waals surface area (Å²) < 4.78 is 1.48. The molecule has 0 bridgehead atoms. The third-order valence-electron chi connectivity index (χ3n) is 1.38. The minimum atomic E-state index is 0.00852. The number of aryl methyl sites for hydroxylation is 2. The second kappa shape index (κ2) is 2.33. The van der Waals surface area contributed by atoms with E-state index in [4.69, 9.17) is 7.85 Å². The Morgan fingerprint density at radius 2 is 2.20 bits per heavy atom. The fraction of sp³-hybridized carbons (Fsp3) is 0.286. The Hall–Kier alpha value is -0.985. The Morgan fingerprint density at radius 1 is 1.60 bits per heavy atom. The monoisotopic (exact) mass is 133 g/mol. The maximum Gasteiger partial charge on any atom is 0.253 e. The average Bonchev–Trinajstić information content (AvgIpc) is 1.82. The van der Waals surface area contributed by atoms with Crippen molar-refractivity contribution in [1.29, 1.82) is 0 Å². The van der Waals surface area contributed by atoms with Crippen molar-refractivity contribution in [3.63, 3.8) is 0 Å². The van der Waals surface area contributed by atoms with Crippen LogP contribution in [0.4, 0.5) is 0 Å². The van der Waals surface area contributed by atoms with Crippen molar-refractivity contribution in [3.8, 4) is 0 Å². The molecule has 0 fully saturated rings. The van der Waals surface area contributed by atoms with E-state index in [9.17, 15) is 4.79 Å². The summed E-state index contributed by atoms with van der Waals surface area (Å²) in [5, 5.41) is 0. The van der Waals surface area contributed by atoms with E-state index in [0.29, 0.717) is 11.0 Å². The van der Waals surface area contributed by atoms with Crippen molar-refractivity contribution in [2.24, 2.45) is 7.05 Å². The Balaban J connectivity index is 3.46. The van der Waals surface area contributed by atoms with Crippen LogP contribution < -0.4 is 11.0 Å². The van der Waals surface area contributed by atoms with Crippen molar-refractivity contribution < 1.29 is 0 Å². The Morgan fingerprint density at radius 3 is 2.70 bits per heavy atom. The van der Waals surface area contributed by atoms with Crippen LogP contribution in [0.3, 0.4) is 0 Å². The van der Waals surface area contributed by atoms with Crippen LogP contribution in [-0.2, 0) is 7.05 Å². The van der Waals surface area contributed by atoms with Crippen LogP contribution in [0.5, 0.6) is 0 Å². The van der Waals surface area contributed by atoms with E-state index in [1.165, 1.54) is 4.57 Å². The van der Waals surface area contributed by atoms with E-state index in [0.717, 1.165) is 0 Å². The van der Waals surface area contributed by atoms with Gasteiger partial charge in [0.15, 0.2) is 0 Å². The summed E-state index contributed by atoms with van der Waals surface area (Å²) in [4.78, 5) is 11.0. The molecule has 0 aliphatic heterocycles. The first-order valence-electron chi connectivity index (χ1n) is 3.04. The summed E-state index contributed by atoms with van der Waals surface area (Å²) in [6, 6.07) is 1.67. The smallest absolute Gasteiger partial charge is 0.253 e. The molecule has 1 aromatic heterocycles. The van der Waals surface area contributed by atoms with Gasteiger partial charge in [-0.2, -0.15) is 0 Å². The molecule has 0 aliphatic rings. The lowest BCUT2D eigenvalue weighted by Crippen LogP contribution is -2.23. The molecule has 10 heavy (non-hydrogen) atoms. The van der Waals surface area contributed by atoms with E-state index in [1.54, 1.807) is 26.2 Å². The Bertz CT molecular complexity index is 277. The molecule has 2 radical (unpaired) electrons. The molecule has 2 nitrogen and oxygen atoms in total. The van der Waals surface area contributed by atoms with Gasteiger partial charge in [-0.3, -0.25) is 4.79 Å². The van der Waals surface area contributed by atoms with Gasteiger partial charge >= 0.3 is 0 Å². The molecule has 3 heteroatoms. The third kappa shape index (κ3) is 1.13. The summed E-state index contributed by atoms with van der Waals surface area (Å²) in [7, 11) is 7.15. The highest BCUT2D eigenvalue weighted by Crippen LogP contribution is 1.81. The van der Waals surface area contributed by atoms with Gasteiger partial charge in [0.25, 0.3) is 5.56 Å². The maximum absolute atomic E-state index is 11.0. The highest BCUT2D eigenvalue weighted by molar-refractivity contribution is 6.32. The van der Waals surface area contributed by atoms with Crippen LogP contribution in [0, 0.1) is 6.92 Å². The van der Waals surface area contributed by atoms with Gasteiger partial charge in [0.2, 0.25) is 0 Å². The SMILES string of the molecule is [B]c1cc(C)c(=O)n(C)c1. The standard InChI is InChI=1S/C7H8BNO/c1-5-3-6(8)4-9(2)7(5)10/h3-4H,1-2H3. The van der Waals surface area contributed by atoms with Crippen molar-refractivity contribution in [3.05, 3.63) is 28.2 Å². The van der Waals surface area contributed by atoms with Crippen molar-refractivity contribution in [1.82, 2.24) is 4.57 Å². The largest absolute Gasteiger partial charge is 0.319 e. The predicted octanol–water partition coefficient (Wildman–Crippen LogP) is -0.512. The van der Waals surface area contributed by atoms with Crippen molar-refractivity contribution >= 4 is 13.3 Å². The molecule has 1 rings (SSSR count). The molecule has 0 spiro atoms. The number of pyridine rings is 1. The van der Waals surface area contributed by atoms with Crippen molar-refractivity contribution in [2.45, 2.75) is 6.92 Å². The van der Waals surface area contributed by atoms with E-state index in [1.807, 2.05) is 0 Å². The first-order chi connectivity index (χ1) is 4.61. The molecule has 0 atom stereocenters. The van der Waals surface area contributed by atoms with E-state index < -0.39 is 0 Å². The van der Waals surface area contributed by atoms with Gasteiger partial charge in [0.1, 0.15) is 7.85 Å². The molecule has 0 saturated heterocycles. The predicted molar refractivity (Wildman–Crippen MR) is 41.8 cm³/mol. The topological polar surface area (TPSA) is 22.0 Å². The second-order valence-corrected chi connectivity index (χ2v) is 2.37. The van der Waals surface area contributed by atoms with E-state index in [2.05, 4.69) is 0 Å². The minimum absolute atomic E-state index is 0.00852. The van der Waals surface area contributed by atoms with Crippen LogP contribution in [0.1, 0.15) is 5.56 Å². The van der Waals surface area contributed by atoms with Crippen LogP contribution in [-0.4, -0.2) is 12.4 Å². The first kappa shape index (κ1) is 7.13. The fourth-order valence-corrected chi connectivity index (χ4v) is 0.909. The summed E-state index contributed by atoms with van der Waals surface area (Å²) in [5.74, 6) is 0. The molecular weight excluding hydrogens is 125 g/mol. The third-order valence-corrected chi connectivity index (χ3v) is 1.38. The summed E-state index contributed by atoms with van der Waals surface area (Å²) in [6.07, 6.45) is 1.61. The van der Waals surface area contributed by atoms with Crippen LogP contribution in [0.25, 0.3) is 0 Å². The second-order valence-electron chi connectivity index (χ2n) is 2.37. The molecule has 0 N–H and O–H groups in total. The maximum atomic E-state index is 11.0. The molecule has 0 amide bonds. The molecule has 1 heterocycles. The highest BCUT2D eigenvalue weighted by atomic mass is 16.1. The quantitative estimate of drug-likeness (QED) is 0.436. The number of hydrogen-bond acceptors (Lipinski definition) is 1. The van der Waals surface area contributed by atoms with Gasteiger partial charge < -0.3 is 4.57 Å². The van der Waals surface area contributed by atoms with Crippen LogP contribution >= 0.6 is 0 Å². The van der Waals surface area contributed by atoms with Crippen molar-refractivity contribution in [2.75, 3.05) is 0 Å². The van der Waals surface area contributed by atoms with Gasteiger partial charge in [-0.25, -0.2) is 0 Å².